The summed E-state index contributed by atoms with van der Waals surface area (Å²) in [5.74, 6) is 7.92. The summed E-state index contributed by atoms with van der Waals surface area (Å²) in [5.41, 5.74) is 1.42. The molecule has 1 amide bonds. The standard InChI is InChI=1S/C15H17NO2S/c17-10-4-3-6-13-5-1-2-7-14(13)15(18)16-8-11-19-12-9-16/h1-2,5,7,17H,4,8-12H2. The lowest BCUT2D eigenvalue weighted by Gasteiger charge is -2.26. The lowest BCUT2D eigenvalue weighted by Crippen LogP contribution is -2.38. The van der Waals surface area contributed by atoms with Gasteiger partial charge in [-0.3, -0.25) is 4.79 Å². The Bertz CT molecular complexity index is 498. The summed E-state index contributed by atoms with van der Waals surface area (Å²) in [6, 6.07) is 7.43. The van der Waals surface area contributed by atoms with Crippen LogP contribution in [0.3, 0.4) is 0 Å². The maximum Gasteiger partial charge on any atom is 0.255 e. The number of hydrogen-bond donors (Lipinski definition) is 1. The fourth-order valence-electron chi connectivity index (χ4n) is 1.93. The number of carbonyl (C=O) groups excluding carboxylic acids is 1. The van der Waals surface area contributed by atoms with E-state index in [2.05, 4.69) is 11.8 Å². The normalized spacial score (nSPS) is 14.7. The zero-order chi connectivity index (χ0) is 13.5. The molecule has 0 bridgehead atoms. The summed E-state index contributed by atoms with van der Waals surface area (Å²) in [6.45, 7) is 1.66. The van der Waals surface area contributed by atoms with Crippen molar-refractivity contribution >= 4 is 17.7 Å². The molecule has 0 aliphatic carbocycles. The second-order valence-corrected chi connectivity index (χ2v) is 5.45. The largest absolute Gasteiger partial charge is 0.395 e. The summed E-state index contributed by atoms with van der Waals surface area (Å²) in [6.07, 6.45) is 0.433. The topological polar surface area (TPSA) is 40.5 Å². The number of aliphatic hydroxyl groups excluding tert-OH is 1. The van der Waals surface area contributed by atoms with Gasteiger partial charge < -0.3 is 10.0 Å². The van der Waals surface area contributed by atoms with Crippen LogP contribution in [0.1, 0.15) is 22.3 Å². The Hall–Kier alpha value is -1.44. The molecular weight excluding hydrogens is 258 g/mol. The highest BCUT2D eigenvalue weighted by molar-refractivity contribution is 7.99. The van der Waals surface area contributed by atoms with Crippen LogP contribution < -0.4 is 0 Å². The lowest BCUT2D eigenvalue weighted by molar-refractivity contribution is 0.0772. The SMILES string of the molecule is O=C(c1ccccc1C#CCCO)N1CCSCC1. The van der Waals surface area contributed by atoms with Crippen molar-refractivity contribution in [3.8, 4) is 11.8 Å². The van der Waals surface area contributed by atoms with Gasteiger partial charge in [0, 0.05) is 36.6 Å². The van der Waals surface area contributed by atoms with E-state index in [1.54, 1.807) is 0 Å². The number of rotatable bonds is 2. The molecule has 2 rings (SSSR count). The molecule has 0 unspecified atom stereocenters. The van der Waals surface area contributed by atoms with E-state index in [0.29, 0.717) is 12.0 Å². The third-order valence-corrected chi connectivity index (χ3v) is 3.86. The number of benzene rings is 1. The van der Waals surface area contributed by atoms with Crippen molar-refractivity contribution in [2.24, 2.45) is 0 Å². The van der Waals surface area contributed by atoms with Crippen molar-refractivity contribution < 1.29 is 9.90 Å². The Labute approximate surface area is 118 Å². The van der Waals surface area contributed by atoms with Gasteiger partial charge in [-0.25, -0.2) is 0 Å². The Morgan fingerprint density at radius 1 is 1.32 bits per heavy atom. The van der Waals surface area contributed by atoms with Crippen LogP contribution in [-0.4, -0.2) is 47.1 Å². The van der Waals surface area contributed by atoms with Gasteiger partial charge in [-0.1, -0.05) is 24.0 Å². The van der Waals surface area contributed by atoms with Gasteiger partial charge in [0.25, 0.3) is 5.91 Å². The van der Waals surface area contributed by atoms with Crippen LogP contribution in [0.25, 0.3) is 0 Å². The summed E-state index contributed by atoms with van der Waals surface area (Å²) >= 11 is 1.88. The van der Waals surface area contributed by atoms with Crippen molar-refractivity contribution in [3.63, 3.8) is 0 Å². The predicted octanol–water partition coefficient (Wildman–Crippen LogP) is 1.61. The highest BCUT2D eigenvalue weighted by Gasteiger charge is 2.19. The molecule has 0 saturated carbocycles. The quantitative estimate of drug-likeness (QED) is 0.834. The molecule has 1 heterocycles. The minimum atomic E-state index is 0.0481. The van der Waals surface area contributed by atoms with E-state index in [9.17, 15) is 4.79 Å². The summed E-state index contributed by atoms with van der Waals surface area (Å²) in [5, 5.41) is 8.75. The van der Waals surface area contributed by atoms with E-state index >= 15 is 0 Å². The van der Waals surface area contributed by atoms with Crippen molar-refractivity contribution in [1.29, 1.82) is 0 Å². The van der Waals surface area contributed by atoms with Crippen LogP contribution in [0.15, 0.2) is 24.3 Å². The number of amides is 1. The monoisotopic (exact) mass is 275 g/mol. The first-order chi connectivity index (χ1) is 9.33. The molecule has 3 nitrogen and oxygen atoms in total. The molecule has 1 aliphatic heterocycles. The molecule has 1 aromatic carbocycles. The molecular formula is C15H17NO2S. The van der Waals surface area contributed by atoms with Crippen molar-refractivity contribution in [2.45, 2.75) is 6.42 Å². The van der Waals surface area contributed by atoms with Crippen molar-refractivity contribution in [1.82, 2.24) is 4.90 Å². The Kier molecular flexibility index (Phi) is 5.31. The minimum Gasteiger partial charge on any atom is -0.395 e. The van der Waals surface area contributed by atoms with Crippen LogP contribution in [0, 0.1) is 11.8 Å². The summed E-state index contributed by atoms with van der Waals surface area (Å²) < 4.78 is 0. The van der Waals surface area contributed by atoms with E-state index in [-0.39, 0.29) is 12.5 Å². The molecule has 1 aromatic rings. The third-order valence-electron chi connectivity index (χ3n) is 2.92. The van der Waals surface area contributed by atoms with Crippen molar-refractivity contribution in [3.05, 3.63) is 35.4 Å². The molecule has 1 fully saturated rings. The first-order valence-electron chi connectivity index (χ1n) is 6.38. The number of carbonyl (C=O) groups is 1. The fraction of sp³-hybridized carbons (Fsp3) is 0.400. The zero-order valence-electron chi connectivity index (χ0n) is 10.8. The highest BCUT2D eigenvalue weighted by Crippen LogP contribution is 2.15. The van der Waals surface area contributed by atoms with Gasteiger partial charge in [-0.2, -0.15) is 11.8 Å². The highest BCUT2D eigenvalue weighted by atomic mass is 32.2. The number of aliphatic hydroxyl groups is 1. The van der Waals surface area contributed by atoms with Gasteiger partial charge >= 0.3 is 0 Å². The van der Waals surface area contributed by atoms with E-state index in [0.717, 1.165) is 30.2 Å². The van der Waals surface area contributed by atoms with E-state index < -0.39 is 0 Å². The second kappa shape index (κ2) is 7.22. The average molecular weight is 275 g/mol. The minimum absolute atomic E-state index is 0.0481. The molecule has 1 N–H and O–H groups in total. The average Bonchev–Trinajstić information content (AvgIpc) is 2.48. The fourth-order valence-corrected chi connectivity index (χ4v) is 2.83. The maximum absolute atomic E-state index is 12.5. The molecule has 0 aromatic heterocycles. The van der Waals surface area contributed by atoms with E-state index in [1.165, 1.54) is 0 Å². The smallest absolute Gasteiger partial charge is 0.255 e. The van der Waals surface area contributed by atoms with Gasteiger partial charge in [0.05, 0.1) is 12.2 Å². The van der Waals surface area contributed by atoms with Gasteiger partial charge in [0.15, 0.2) is 0 Å². The Morgan fingerprint density at radius 2 is 2.05 bits per heavy atom. The second-order valence-electron chi connectivity index (χ2n) is 4.23. The maximum atomic E-state index is 12.5. The zero-order valence-corrected chi connectivity index (χ0v) is 11.6. The summed E-state index contributed by atoms with van der Waals surface area (Å²) in [7, 11) is 0. The molecule has 4 heteroatoms. The Balaban J connectivity index is 2.19. The van der Waals surface area contributed by atoms with Crippen LogP contribution in [0.5, 0.6) is 0 Å². The number of nitrogens with zero attached hydrogens (tertiary/aromatic N) is 1. The van der Waals surface area contributed by atoms with Gasteiger partial charge in [0.1, 0.15) is 0 Å². The molecule has 0 radical (unpaired) electrons. The van der Waals surface area contributed by atoms with Crippen LogP contribution in [0.4, 0.5) is 0 Å². The van der Waals surface area contributed by atoms with E-state index in [4.69, 9.17) is 5.11 Å². The van der Waals surface area contributed by atoms with Gasteiger partial charge in [0.2, 0.25) is 0 Å². The molecule has 1 aliphatic rings. The van der Waals surface area contributed by atoms with E-state index in [1.807, 2.05) is 40.9 Å². The molecule has 0 atom stereocenters. The number of thioether (sulfide) groups is 1. The Morgan fingerprint density at radius 3 is 2.79 bits per heavy atom. The van der Waals surface area contributed by atoms with Crippen molar-refractivity contribution in [2.75, 3.05) is 31.2 Å². The molecule has 100 valence electrons. The van der Waals surface area contributed by atoms with Crippen LogP contribution >= 0.6 is 11.8 Å². The van der Waals surface area contributed by atoms with Gasteiger partial charge in [-0.05, 0) is 12.1 Å². The lowest BCUT2D eigenvalue weighted by atomic mass is 10.1. The first kappa shape index (κ1) is 14.0. The van der Waals surface area contributed by atoms with Crippen LogP contribution in [0.2, 0.25) is 0 Å². The molecule has 19 heavy (non-hydrogen) atoms. The molecule has 0 spiro atoms. The van der Waals surface area contributed by atoms with Crippen LogP contribution in [-0.2, 0) is 0 Å². The molecule has 1 saturated heterocycles. The third kappa shape index (κ3) is 3.76. The summed E-state index contributed by atoms with van der Waals surface area (Å²) in [4.78, 5) is 14.3. The van der Waals surface area contributed by atoms with Gasteiger partial charge in [-0.15, -0.1) is 0 Å². The number of hydrogen-bond acceptors (Lipinski definition) is 3. The first-order valence-corrected chi connectivity index (χ1v) is 7.54. The predicted molar refractivity (Wildman–Crippen MR) is 78.3 cm³/mol.